The van der Waals surface area contributed by atoms with Gasteiger partial charge in [0, 0.05) is 166 Å². The number of aliphatic hydroxyl groups excluding tert-OH is 3. The first-order chi connectivity index (χ1) is 72.2. The number of hydrogen-bond acceptors (Lipinski definition) is 29. The maximum absolute atomic E-state index is 13.1. The van der Waals surface area contributed by atoms with E-state index in [0.29, 0.717) is 57.3 Å². The molecule has 6 N–H and O–H groups in total. The van der Waals surface area contributed by atoms with Gasteiger partial charge in [-0.15, -0.1) is 6.42 Å². The number of carbonyl (C=O) groups excluding carboxylic acids is 4. The average molecular weight is 2210 g/mol. The number of esters is 3. The maximum atomic E-state index is 13.1. The number of aldehydes is 1. The second-order valence-corrected chi connectivity index (χ2v) is 36.0. The minimum atomic E-state index is -0.779. The molecule has 0 amide bonds. The molecule has 7 fully saturated rings. The zero-order valence-corrected chi connectivity index (χ0v) is 86.4. The molecule has 6 aliphatic carbocycles. The number of benzene rings is 11. The lowest BCUT2D eigenvalue weighted by molar-refractivity contribution is -0.385. The van der Waals surface area contributed by atoms with Crippen molar-refractivity contribution in [2.45, 2.75) is 175 Å². The Morgan fingerprint density at radius 2 is 0.727 bits per heavy atom. The highest BCUT2D eigenvalue weighted by atomic mass is 79.9. The monoisotopic (exact) mass is 2210 g/mol. The van der Waals surface area contributed by atoms with Crippen LogP contribution in [0.5, 0.6) is 0 Å². The number of methoxy groups -OCH3 is 3. The third kappa shape index (κ3) is 37.0. The molecule has 1 aliphatic heterocycles. The second-order valence-electron chi connectivity index (χ2n) is 34.5. The number of nitro groups is 6. The Labute approximate surface area is 882 Å². The first-order valence-corrected chi connectivity index (χ1v) is 48.9. The lowest BCUT2D eigenvalue weighted by Crippen LogP contribution is -2.44. The summed E-state index contributed by atoms with van der Waals surface area (Å²) in [5.41, 5.74) is 10.8. The Morgan fingerprint density at radius 3 is 0.973 bits per heavy atom. The molecule has 7 aliphatic rings. The number of nitro benzene ring substituents is 6. The SMILES string of the molecule is C#CC1(N(Cc2ccc(F)cc2)c2ccc([N+](=O)[O-])cc2)CC1.C1CCOC1.CCO.CO.COC(=O)C1(N(Cc2ccc(F)cc2)c2ccc([N+](=O)[O-])cc2)CC1.COC(=O)C1(N)CC1.COC(=O)C1(Nc2ccc([N+](=O)[O-])cc2)CC1.Fc1ccc(CBr)cc1.O=CC1(N(Cc2ccc(F)cc2)c2ccc([N+](=O)[O-])cc2)CC1.O=[N+]([O-])c1ccc(Br)cc1.O=[N+]([O-])c1ccc(N(Cc2ccc(F)cc2)C2(CO)CC2)cc1.[2H]CC. The van der Waals surface area contributed by atoms with Gasteiger partial charge in [0.15, 0.2) is 0 Å². The number of nitrogens with one attached hydrogen (secondary N) is 1. The summed E-state index contributed by atoms with van der Waals surface area (Å²) in [6.07, 6.45) is 18.4. The molecule has 0 atom stereocenters. The van der Waals surface area contributed by atoms with E-state index >= 15 is 0 Å². The van der Waals surface area contributed by atoms with E-state index < -0.39 is 51.7 Å². The molecule has 798 valence electrons. The number of nitrogens with zero attached hydrogens (tertiary/aromatic N) is 10. The van der Waals surface area contributed by atoms with Crippen molar-refractivity contribution in [2.75, 3.05) is 79.8 Å². The minimum absolute atomic E-state index is 0.00596. The third-order valence-corrected chi connectivity index (χ3v) is 25.3. The molecule has 150 heavy (non-hydrogen) atoms. The quantitative estimate of drug-likeness (QED) is 0.00408. The van der Waals surface area contributed by atoms with Crippen LogP contribution in [0.4, 0.5) is 84.5 Å². The standard InChI is InChI=1S/C18H17FN2O4.C18H15FN2O2.C17H17FN2O3.C17H15FN2O3.C11H12N2O4.C7H6BrF.C6H4BrNO2.C5H9NO2.C4H8O.C2H6O.C2H6.CH4O/c1-25-17(22)18(10-11-18)20(12-13-2-4-14(19)5-3-13)15-6-8-16(9-7-15)21(23)24;1-2-18(11-12-18)20(13-14-3-5-15(19)6-4-14)16-7-9-17(10-8-16)21(22)23;2*18-14-3-1-13(2-4-14)11-19(17(12-21)9-10-17)15-5-7-16(8-6-15)20(22)23;1-17-10(14)11(6-7-11)12-8-2-4-9(5-3-8)13(15)16;8-5-6-1-3-7(9)4-2-6;7-5-1-3-6(4-2-5)8(9)10;1-8-4(7)5(6)2-3-5;1-2-4-5-3-1;1-2-3;2*1-2/h2-9H,10-12H2,1H3;1,3-10H,11-13H2;1-8,21H,9-12H2;1-8,12H,9-11H2;2-5,12H,6-7H2,1H3;1-4H,5H2;1-4H;2-3,6H2,1H3;1-4H2;3H,2H2,1H3;1-2H3;2H,1H3/i;;;;;;;;;;1D;. The molecule has 0 unspecified atom stereocenters. The molecular formula is C108H119Br2F5N12O23. The second kappa shape index (κ2) is 59.2. The highest BCUT2D eigenvalue weighted by molar-refractivity contribution is 9.10. The van der Waals surface area contributed by atoms with Gasteiger partial charge in [-0.2, -0.15) is 0 Å². The van der Waals surface area contributed by atoms with Crippen LogP contribution in [0.25, 0.3) is 0 Å². The number of hydrogen-bond donors (Lipinski definition) is 5. The van der Waals surface area contributed by atoms with Crippen molar-refractivity contribution in [3.8, 4) is 12.3 Å². The van der Waals surface area contributed by atoms with Gasteiger partial charge in [0.2, 0.25) is 0 Å². The van der Waals surface area contributed by atoms with Crippen LogP contribution in [0.1, 0.15) is 140 Å². The van der Waals surface area contributed by atoms with Crippen LogP contribution in [-0.4, -0.2) is 157 Å². The summed E-state index contributed by atoms with van der Waals surface area (Å²) in [7, 11) is 5.05. The van der Waals surface area contributed by atoms with Crippen molar-refractivity contribution < 1.29 is 106 Å². The average Bonchev–Trinajstić information content (AvgIpc) is 1.60. The lowest BCUT2D eigenvalue weighted by Gasteiger charge is -2.33. The summed E-state index contributed by atoms with van der Waals surface area (Å²) < 4.78 is 90.6. The fraction of sp³-hybridized carbons (Fsp3) is 0.333. The van der Waals surface area contributed by atoms with Gasteiger partial charge < -0.3 is 69.7 Å². The number of carbonyl (C=O) groups is 4. The molecule has 0 aromatic heterocycles. The van der Waals surface area contributed by atoms with Crippen LogP contribution in [-0.2, 0) is 69.6 Å². The zero-order valence-electron chi connectivity index (χ0n) is 84.2. The van der Waals surface area contributed by atoms with Crippen molar-refractivity contribution >= 4 is 119 Å². The number of aliphatic hydroxyl groups is 3. The first-order valence-electron chi connectivity index (χ1n) is 47.7. The van der Waals surface area contributed by atoms with Gasteiger partial charge >= 0.3 is 17.9 Å². The molecule has 11 aromatic carbocycles. The Balaban J connectivity index is 0.000000234. The van der Waals surface area contributed by atoms with Gasteiger partial charge in [-0.3, -0.25) is 65.5 Å². The molecule has 0 spiro atoms. The van der Waals surface area contributed by atoms with E-state index in [4.69, 9.17) is 38.0 Å². The molecule has 0 bridgehead atoms. The number of non-ortho nitro benzene ring substituents is 6. The number of ether oxygens (including phenoxy) is 4. The predicted molar refractivity (Wildman–Crippen MR) is 566 cm³/mol. The van der Waals surface area contributed by atoms with Gasteiger partial charge in [0.25, 0.3) is 34.1 Å². The summed E-state index contributed by atoms with van der Waals surface area (Å²) >= 11 is 6.43. The topological polar surface area (TPSA) is 476 Å². The van der Waals surface area contributed by atoms with E-state index in [0.717, 1.165) is 146 Å². The fourth-order valence-electron chi connectivity index (χ4n) is 14.7. The Hall–Kier alpha value is -15.1. The normalized spacial score (nSPS) is 14.6. The third-order valence-electron chi connectivity index (χ3n) is 24.1. The van der Waals surface area contributed by atoms with E-state index in [2.05, 4.69) is 52.7 Å². The molecule has 42 heteroatoms. The molecule has 1 heterocycles. The number of alkyl halides is 1. The Morgan fingerprint density at radius 1 is 0.440 bits per heavy atom. The lowest BCUT2D eigenvalue weighted by atomic mass is 10.1. The predicted octanol–water partition coefficient (Wildman–Crippen LogP) is 22.0. The first kappa shape index (κ1) is 120. The summed E-state index contributed by atoms with van der Waals surface area (Å²) in [5.74, 6) is 0.519. The van der Waals surface area contributed by atoms with E-state index in [1.807, 2.05) is 14.7 Å². The molecule has 11 aromatic rings. The van der Waals surface area contributed by atoms with Gasteiger partial charge in [-0.25, -0.2) is 31.5 Å². The van der Waals surface area contributed by atoms with Gasteiger partial charge in [0.05, 0.1) is 68.6 Å². The molecule has 1 saturated heterocycles. The fourth-order valence-corrected chi connectivity index (χ4v) is 15.3. The molecule has 6 saturated carbocycles. The molecular weight excluding hydrogens is 2090 g/mol. The van der Waals surface area contributed by atoms with E-state index in [1.165, 1.54) is 168 Å². The summed E-state index contributed by atoms with van der Waals surface area (Å²) in [6, 6.07) is 68.0. The van der Waals surface area contributed by atoms with E-state index in [1.54, 1.807) is 147 Å². The highest BCUT2D eigenvalue weighted by Crippen LogP contribution is 2.50. The minimum Gasteiger partial charge on any atom is -0.468 e. The zero-order chi connectivity index (χ0) is 111. The highest BCUT2D eigenvalue weighted by Gasteiger charge is 2.57. The van der Waals surface area contributed by atoms with Crippen molar-refractivity contribution in [2.24, 2.45) is 5.73 Å². The molecule has 0 radical (unpaired) electrons. The Kier molecular flexibility index (Phi) is 47.4. The van der Waals surface area contributed by atoms with Crippen LogP contribution in [0, 0.1) is 102 Å². The summed E-state index contributed by atoms with van der Waals surface area (Å²) in [5, 5.41) is 91.9. The number of terminal acetylenes is 1. The largest absolute Gasteiger partial charge is 0.468 e. The van der Waals surface area contributed by atoms with Gasteiger partial charge in [-0.05, 0) is 258 Å². The number of halogens is 7. The van der Waals surface area contributed by atoms with Crippen LogP contribution < -0.4 is 30.7 Å². The number of anilines is 5. The number of nitrogens with two attached hydrogens (primary N) is 1. The van der Waals surface area contributed by atoms with Gasteiger partial charge in [0.1, 0.15) is 57.5 Å². The molecule has 35 nitrogen and oxygen atoms in total. The van der Waals surface area contributed by atoms with Crippen LogP contribution in [0.3, 0.4) is 0 Å². The van der Waals surface area contributed by atoms with E-state index in [9.17, 15) is 107 Å². The van der Waals surface area contributed by atoms with E-state index in [-0.39, 0.29) is 105 Å². The maximum Gasteiger partial charge on any atom is 0.331 e. The van der Waals surface area contributed by atoms with Crippen molar-refractivity contribution in [3.63, 3.8) is 0 Å². The van der Waals surface area contributed by atoms with Crippen LogP contribution in [0.2, 0.25) is 0 Å². The number of rotatable bonds is 30. The molecule has 18 rings (SSSR count). The van der Waals surface area contributed by atoms with Gasteiger partial charge in [-0.1, -0.05) is 112 Å². The van der Waals surface area contributed by atoms with Crippen LogP contribution >= 0.6 is 31.9 Å². The smallest absolute Gasteiger partial charge is 0.331 e. The summed E-state index contributed by atoms with van der Waals surface area (Å²) in [4.78, 5) is 115. The Bertz CT molecular complexity index is 6240. The van der Waals surface area contributed by atoms with Crippen molar-refractivity contribution in [1.29, 1.82) is 0 Å². The van der Waals surface area contributed by atoms with Crippen molar-refractivity contribution in [1.82, 2.24) is 0 Å². The van der Waals surface area contributed by atoms with Crippen molar-refractivity contribution in [3.05, 3.63) is 389 Å². The van der Waals surface area contributed by atoms with Crippen LogP contribution in [0.15, 0.2) is 271 Å². The summed E-state index contributed by atoms with van der Waals surface area (Å²) in [6.45, 7) is 8.09.